The van der Waals surface area contributed by atoms with Crippen LogP contribution >= 0.6 is 0 Å². The number of carbonyl (C=O) groups is 1. The maximum Gasteiger partial charge on any atom is 0.170 e. The summed E-state index contributed by atoms with van der Waals surface area (Å²) in [5.41, 5.74) is 0.133. The number of carbonyl (C=O) groups excluding carboxylic acids is 1. The second-order valence-electron chi connectivity index (χ2n) is 6.63. The molecule has 2 aliphatic rings. The largest absolute Gasteiger partial charge is 0.486 e. The highest BCUT2D eigenvalue weighted by Crippen LogP contribution is 2.45. The summed E-state index contributed by atoms with van der Waals surface area (Å²) in [5, 5.41) is 0. The van der Waals surface area contributed by atoms with Crippen molar-refractivity contribution in [2.75, 3.05) is 0 Å². The Morgan fingerprint density at radius 1 is 1.40 bits per heavy atom. The van der Waals surface area contributed by atoms with Crippen molar-refractivity contribution >= 4 is 5.78 Å². The molecule has 0 aromatic heterocycles. The van der Waals surface area contributed by atoms with Crippen LogP contribution in [0.3, 0.4) is 0 Å². The van der Waals surface area contributed by atoms with Gasteiger partial charge in [0.25, 0.3) is 0 Å². The molecule has 1 heterocycles. The lowest BCUT2D eigenvalue weighted by molar-refractivity contribution is -0.0118. The van der Waals surface area contributed by atoms with E-state index >= 15 is 0 Å². The topological polar surface area (TPSA) is 26.3 Å². The molecule has 20 heavy (non-hydrogen) atoms. The molecule has 2 nitrogen and oxygen atoms in total. The minimum atomic E-state index is -0.398. The highest BCUT2D eigenvalue weighted by atomic mass is 19.1. The summed E-state index contributed by atoms with van der Waals surface area (Å²) >= 11 is 0. The highest BCUT2D eigenvalue weighted by Gasteiger charge is 2.44. The molecule has 0 saturated heterocycles. The predicted octanol–water partition coefficient (Wildman–Crippen LogP) is 4.38. The first-order valence-corrected chi connectivity index (χ1v) is 7.51. The van der Waals surface area contributed by atoms with Gasteiger partial charge in [-0.05, 0) is 49.7 Å². The quantitative estimate of drug-likeness (QED) is 0.761. The number of Topliss-reactive ketones (excluding diaryl/α,β-unsaturated/α-hetero) is 1. The molecule has 1 aromatic rings. The van der Waals surface area contributed by atoms with Crippen LogP contribution in [0.1, 0.15) is 56.3 Å². The molecule has 2 atom stereocenters. The summed E-state index contributed by atoms with van der Waals surface area (Å²) in [6.07, 6.45) is 4.53. The Bertz CT molecular complexity index is 538. The average molecular weight is 276 g/mol. The van der Waals surface area contributed by atoms with E-state index in [-0.39, 0.29) is 11.6 Å². The van der Waals surface area contributed by atoms with Crippen LogP contribution in [-0.2, 0) is 0 Å². The minimum absolute atomic E-state index is 0.0932. The molecule has 0 bridgehead atoms. The van der Waals surface area contributed by atoms with Gasteiger partial charge in [-0.2, -0.15) is 0 Å². The predicted molar refractivity (Wildman–Crippen MR) is 75.5 cm³/mol. The lowest BCUT2D eigenvalue weighted by Gasteiger charge is -2.44. The van der Waals surface area contributed by atoms with Crippen LogP contribution in [0.25, 0.3) is 0 Å². The molecule has 1 saturated carbocycles. The summed E-state index contributed by atoms with van der Waals surface area (Å²) < 4.78 is 19.5. The van der Waals surface area contributed by atoms with Crippen LogP contribution in [0.15, 0.2) is 18.2 Å². The van der Waals surface area contributed by atoms with Gasteiger partial charge in [0.2, 0.25) is 0 Å². The molecule has 0 N–H and O–H groups in total. The number of hydrogen-bond donors (Lipinski definition) is 0. The fourth-order valence-electron chi connectivity index (χ4n) is 3.66. The number of halogens is 1. The molecule has 1 aliphatic carbocycles. The Morgan fingerprint density at radius 2 is 2.20 bits per heavy atom. The third kappa shape index (κ3) is 2.34. The fraction of sp³-hybridized carbons (Fsp3) is 0.588. The van der Waals surface area contributed by atoms with Crippen LogP contribution in [-0.4, -0.2) is 11.4 Å². The first kappa shape index (κ1) is 13.6. The van der Waals surface area contributed by atoms with Gasteiger partial charge in [-0.1, -0.05) is 13.8 Å². The minimum Gasteiger partial charge on any atom is -0.486 e. The third-order valence-electron chi connectivity index (χ3n) is 4.84. The van der Waals surface area contributed by atoms with Crippen LogP contribution in [0.2, 0.25) is 0 Å². The fourth-order valence-corrected chi connectivity index (χ4v) is 3.66. The summed E-state index contributed by atoms with van der Waals surface area (Å²) in [4.78, 5) is 12.3. The Kier molecular flexibility index (Phi) is 3.31. The third-order valence-corrected chi connectivity index (χ3v) is 4.84. The number of ketones is 1. The van der Waals surface area contributed by atoms with Gasteiger partial charge in [0.05, 0.1) is 12.0 Å². The summed E-state index contributed by atoms with van der Waals surface area (Å²) in [6, 6.07) is 4.23. The van der Waals surface area contributed by atoms with Crippen LogP contribution in [0, 0.1) is 17.7 Å². The van der Waals surface area contributed by atoms with Gasteiger partial charge < -0.3 is 4.74 Å². The lowest BCUT2D eigenvalue weighted by atomic mass is 9.70. The van der Waals surface area contributed by atoms with E-state index in [1.807, 2.05) is 0 Å². The molecule has 2 unspecified atom stereocenters. The van der Waals surface area contributed by atoms with Crippen LogP contribution in [0.4, 0.5) is 4.39 Å². The van der Waals surface area contributed by atoms with Crippen molar-refractivity contribution < 1.29 is 13.9 Å². The molecule has 1 aliphatic heterocycles. The standard InChI is InChI=1S/C17H21FO2/c1-11(2)12-4-3-7-17(9-12)10-15(19)14-6-5-13(18)8-16(14)20-17/h5-6,8,11-12H,3-4,7,9-10H2,1-2H3. The van der Waals surface area contributed by atoms with E-state index in [1.54, 1.807) is 6.07 Å². The maximum atomic E-state index is 13.4. The first-order chi connectivity index (χ1) is 9.49. The molecule has 3 rings (SSSR count). The maximum absolute atomic E-state index is 13.4. The van der Waals surface area contributed by atoms with Crippen molar-refractivity contribution in [1.29, 1.82) is 0 Å². The Balaban J connectivity index is 1.91. The van der Waals surface area contributed by atoms with E-state index in [0.29, 0.717) is 29.6 Å². The van der Waals surface area contributed by atoms with Gasteiger partial charge >= 0.3 is 0 Å². The van der Waals surface area contributed by atoms with Gasteiger partial charge in [-0.25, -0.2) is 4.39 Å². The summed E-state index contributed by atoms with van der Waals surface area (Å²) in [6.45, 7) is 4.45. The Labute approximate surface area is 119 Å². The van der Waals surface area contributed by atoms with Crippen molar-refractivity contribution in [2.45, 2.75) is 51.6 Å². The number of ether oxygens (including phenoxy) is 1. The van der Waals surface area contributed by atoms with Crippen molar-refractivity contribution in [1.82, 2.24) is 0 Å². The van der Waals surface area contributed by atoms with E-state index in [9.17, 15) is 9.18 Å². The second-order valence-corrected chi connectivity index (χ2v) is 6.63. The molecule has 1 aromatic carbocycles. The number of rotatable bonds is 1. The van der Waals surface area contributed by atoms with E-state index in [2.05, 4.69) is 13.8 Å². The van der Waals surface area contributed by atoms with E-state index in [1.165, 1.54) is 18.6 Å². The van der Waals surface area contributed by atoms with E-state index < -0.39 is 5.60 Å². The zero-order chi connectivity index (χ0) is 14.3. The van der Waals surface area contributed by atoms with Gasteiger partial charge in [-0.15, -0.1) is 0 Å². The first-order valence-electron chi connectivity index (χ1n) is 7.51. The number of hydrogen-bond acceptors (Lipinski definition) is 2. The molecule has 3 heteroatoms. The summed E-state index contributed by atoms with van der Waals surface area (Å²) in [5.74, 6) is 1.37. The van der Waals surface area contributed by atoms with Crippen molar-refractivity contribution in [3.63, 3.8) is 0 Å². The smallest absolute Gasteiger partial charge is 0.170 e. The Hall–Kier alpha value is -1.38. The van der Waals surface area contributed by atoms with E-state index in [0.717, 1.165) is 19.3 Å². The number of benzene rings is 1. The molecular formula is C17H21FO2. The van der Waals surface area contributed by atoms with Gasteiger partial charge in [-0.3, -0.25) is 4.79 Å². The molecular weight excluding hydrogens is 255 g/mol. The van der Waals surface area contributed by atoms with Crippen LogP contribution in [0.5, 0.6) is 5.75 Å². The summed E-state index contributed by atoms with van der Waals surface area (Å²) in [7, 11) is 0. The molecule has 1 spiro atoms. The molecule has 0 amide bonds. The Morgan fingerprint density at radius 3 is 2.95 bits per heavy atom. The molecule has 108 valence electrons. The zero-order valence-corrected chi connectivity index (χ0v) is 12.1. The van der Waals surface area contributed by atoms with Crippen LogP contribution < -0.4 is 4.74 Å². The van der Waals surface area contributed by atoms with Gasteiger partial charge in [0.15, 0.2) is 5.78 Å². The monoisotopic (exact) mass is 276 g/mol. The highest BCUT2D eigenvalue weighted by molar-refractivity contribution is 6.00. The van der Waals surface area contributed by atoms with E-state index in [4.69, 9.17) is 4.74 Å². The normalized spacial score (nSPS) is 29.4. The number of fused-ring (bicyclic) bond motifs is 1. The average Bonchev–Trinajstić information content (AvgIpc) is 2.37. The lowest BCUT2D eigenvalue weighted by Crippen LogP contribution is -2.46. The SMILES string of the molecule is CC(C)C1CCCC2(CC(=O)c3ccc(F)cc3O2)C1. The van der Waals surface area contributed by atoms with Gasteiger partial charge in [0, 0.05) is 6.07 Å². The molecule has 0 radical (unpaired) electrons. The van der Waals surface area contributed by atoms with Crippen molar-refractivity contribution in [3.05, 3.63) is 29.6 Å². The zero-order valence-electron chi connectivity index (χ0n) is 12.1. The second kappa shape index (κ2) is 4.87. The van der Waals surface area contributed by atoms with Crippen molar-refractivity contribution in [3.8, 4) is 5.75 Å². The van der Waals surface area contributed by atoms with Crippen molar-refractivity contribution in [2.24, 2.45) is 11.8 Å². The molecule has 1 fully saturated rings. The van der Waals surface area contributed by atoms with Gasteiger partial charge in [0.1, 0.15) is 17.2 Å².